The van der Waals surface area contributed by atoms with E-state index in [1.165, 1.54) is 0 Å². The molecule has 1 aliphatic rings. The van der Waals surface area contributed by atoms with E-state index in [0.29, 0.717) is 5.56 Å². The first kappa shape index (κ1) is 19.9. The molecule has 6 nitrogen and oxygen atoms in total. The quantitative estimate of drug-likeness (QED) is 0.786. The Balaban J connectivity index is 1.91. The molecule has 2 aromatic carbocycles. The zero-order chi connectivity index (χ0) is 20.5. The minimum Gasteiger partial charge on any atom is -0.478 e. The molecule has 1 heterocycles. The normalized spacial score (nSPS) is 16.7. The maximum Gasteiger partial charge on any atom is 0.430 e. The maximum absolute atomic E-state index is 13.0. The molecule has 0 spiro atoms. The molecule has 10 heteroatoms. The summed E-state index contributed by atoms with van der Waals surface area (Å²) in [6.07, 6.45) is -6.78. The van der Waals surface area contributed by atoms with Crippen LogP contribution in [-0.2, 0) is 21.4 Å². The highest BCUT2D eigenvalue weighted by molar-refractivity contribution is 7.89. The van der Waals surface area contributed by atoms with E-state index in [0.717, 1.165) is 24.3 Å². The number of benzene rings is 2. The molecule has 0 aliphatic carbocycles. The van der Waals surface area contributed by atoms with E-state index in [1.54, 1.807) is 30.3 Å². The minimum atomic E-state index is -4.93. The molecule has 0 saturated heterocycles. The van der Waals surface area contributed by atoms with E-state index in [-0.39, 0.29) is 22.8 Å². The van der Waals surface area contributed by atoms with Crippen LogP contribution < -0.4 is 9.46 Å². The minimum absolute atomic E-state index is 0.0170. The summed E-state index contributed by atoms with van der Waals surface area (Å²) in [6.45, 7) is 0.0170. The lowest BCUT2D eigenvalue weighted by molar-refractivity contribution is -0.187. The lowest BCUT2D eigenvalue weighted by Crippen LogP contribution is -2.40. The second-order valence-electron chi connectivity index (χ2n) is 5.95. The van der Waals surface area contributed by atoms with Gasteiger partial charge in [0.1, 0.15) is 5.75 Å². The fourth-order valence-corrected chi connectivity index (χ4v) is 3.67. The predicted octanol–water partition coefficient (Wildman–Crippen LogP) is 2.96. The van der Waals surface area contributed by atoms with Crippen molar-refractivity contribution in [2.24, 2.45) is 0 Å². The van der Waals surface area contributed by atoms with E-state index in [4.69, 9.17) is 9.84 Å². The van der Waals surface area contributed by atoms with Crippen LogP contribution >= 0.6 is 0 Å². The number of carboxylic acids is 1. The van der Waals surface area contributed by atoms with Crippen molar-refractivity contribution in [3.8, 4) is 5.75 Å². The number of halogens is 3. The van der Waals surface area contributed by atoms with Gasteiger partial charge in [0.05, 0.1) is 10.5 Å². The lowest BCUT2D eigenvalue weighted by atomic mass is 10.0. The fourth-order valence-electron chi connectivity index (χ4n) is 2.62. The number of ether oxygens (including phenoxy) is 1. The van der Waals surface area contributed by atoms with Gasteiger partial charge < -0.3 is 9.84 Å². The first-order valence-corrected chi connectivity index (χ1v) is 9.42. The molecular formula is C18H14F3NO5S. The number of hydrogen-bond donors (Lipinski definition) is 2. The fraction of sp³-hybridized carbons (Fsp3) is 0.167. The third-order valence-corrected chi connectivity index (χ3v) is 5.38. The highest BCUT2D eigenvalue weighted by atomic mass is 32.2. The molecule has 0 amide bonds. The SMILES string of the molecule is O=C(O)C1=Cc2cc(S(=O)(=O)NCc3ccccc3)ccc2O[C@@H]1C(F)(F)F. The summed E-state index contributed by atoms with van der Waals surface area (Å²) in [5.41, 5.74) is -0.374. The van der Waals surface area contributed by atoms with Crippen LogP contribution in [-0.4, -0.2) is 31.8 Å². The Bertz CT molecular complexity index is 1030. The zero-order valence-corrected chi connectivity index (χ0v) is 14.9. The van der Waals surface area contributed by atoms with Gasteiger partial charge in [-0.15, -0.1) is 0 Å². The Kier molecular flexibility index (Phi) is 5.18. The largest absolute Gasteiger partial charge is 0.478 e. The number of carbonyl (C=O) groups is 1. The van der Waals surface area contributed by atoms with Crippen molar-refractivity contribution in [1.82, 2.24) is 4.72 Å². The molecule has 3 rings (SSSR count). The van der Waals surface area contributed by atoms with Gasteiger partial charge in [-0.05, 0) is 29.8 Å². The van der Waals surface area contributed by atoms with Crippen molar-refractivity contribution in [2.75, 3.05) is 0 Å². The number of fused-ring (bicyclic) bond motifs is 1. The monoisotopic (exact) mass is 413 g/mol. The summed E-state index contributed by atoms with van der Waals surface area (Å²) in [5, 5.41) is 9.06. The second kappa shape index (κ2) is 7.28. The third-order valence-electron chi connectivity index (χ3n) is 3.98. The van der Waals surface area contributed by atoms with Gasteiger partial charge in [-0.2, -0.15) is 13.2 Å². The Morgan fingerprint density at radius 3 is 2.43 bits per heavy atom. The number of rotatable bonds is 5. The first-order valence-electron chi connectivity index (χ1n) is 7.94. The molecule has 0 saturated carbocycles. The molecule has 1 aliphatic heterocycles. The Morgan fingerprint density at radius 1 is 1.14 bits per heavy atom. The van der Waals surface area contributed by atoms with Gasteiger partial charge in [-0.1, -0.05) is 30.3 Å². The van der Waals surface area contributed by atoms with Crippen molar-refractivity contribution in [3.63, 3.8) is 0 Å². The van der Waals surface area contributed by atoms with Crippen molar-refractivity contribution in [2.45, 2.75) is 23.7 Å². The molecular weight excluding hydrogens is 399 g/mol. The van der Waals surface area contributed by atoms with E-state index in [1.807, 2.05) is 0 Å². The van der Waals surface area contributed by atoms with Crippen molar-refractivity contribution in [3.05, 3.63) is 65.2 Å². The molecule has 148 valence electrons. The molecule has 2 N–H and O–H groups in total. The van der Waals surface area contributed by atoms with Crippen LogP contribution in [0, 0.1) is 0 Å². The van der Waals surface area contributed by atoms with Gasteiger partial charge >= 0.3 is 12.1 Å². The highest BCUT2D eigenvalue weighted by Gasteiger charge is 2.48. The molecule has 28 heavy (non-hydrogen) atoms. The predicted molar refractivity (Wildman–Crippen MR) is 93.0 cm³/mol. The van der Waals surface area contributed by atoms with Crippen LogP contribution in [0.2, 0.25) is 0 Å². The maximum atomic E-state index is 13.0. The third kappa shape index (κ3) is 4.18. The molecule has 0 aromatic heterocycles. The summed E-state index contributed by atoms with van der Waals surface area (Å²) in [6, 6.07) is 12.0. The Morgan fingerprint density at radius 2 is 1.82 bits per heavy atom. The van der Waals surface area contributed by atoms with Gasteiger partial charge in [0, 0.05) is 12.1 Å². The molecule has 2 aromatic rings. The van der Waals surface area contributed by atoms with E-state index in [9.17, 15) is 26.4 Å². The molecule has 0 radical (unpaired) electrons. The number of carboxylic acid groups (broad SMARTS) is 1. The number of hydrogen-bond acceptors (Lipinski definition) is 4. The van der Waals surface area contributed by atoms with Crippen LogP contribution in [0.4, 0.5) is 13.2 Å². The van der Waals surface area contributed by atoms with Gasteiger partial charge in [-0.3, -0.25) is 0 Å². The summed E-state index contributed by atoms with van der Waals surface area (Å²) < 4.78 is 71.2. The summed E-state index contributed by atoms with van der Waals surface area (Å²) in [5.74, 6) is -2.06. The molecule has 0 unspecified atom stereocenters. The van der Waals surface area contributed by atoms with Crippen LogP contribution in [0.25, 0.3) is 6.08 Å². The standard InChI is InChI=1S/C18H14F3NO5S/c19-18(20,21)16-14(17(23)24)9-12-8-13(6-7-15(12)27-16)28(25,26)22-10-11-4-2-1-3-5-11/h1-9,16,22H,10H2,(H,23,24)/t16-/m0/s1. The number of sulfonamides is 1. The summed E-state index contributed by atoms with van der Waals surface area (Å²) in [4.78, 5) is 11.0. The van der Waals surface area contributed by atoms with Crippen molar-refractivity contribution < 1.29 is 36.2 Å². The van der Waals surface area contributed by atoms with Crippen LogP contribution in [0.15, 0.2) is 59.0 Å². The molecule has 1 atom stereocenters. The van der Waals surface area contributed by atoms with Crippen LogP contribution in [0.1, 0.15) is 11.1 Å². The van der Waals surface area contributed by atoms with Crippen molar-refractivity contribution in [1.29, 1.82) is 0 Å². The molecule has 0 fully saturated rings. The van der Waals surface area contributed by atoms with Crippen LogP contribution in [0.3, 0.4) is 0 Å². The first-order chi connectivity index (χ1) is 13.1. The topological polar surface area (TPSA) is 92.7 Å². The van der Waals surface area contributed by atoms with Gasteiger partial charge in [0.25, 0.3) is 0 Å². The lowest BCUT2D eigenvalue weighted by Gasteiger charge is -2.27. The summed E-state index contributed by atoms with van der Waals surface area (Å²) >= 11 is 0. The van der Waals surface area contributed by atoms with Gasteiger partial charge in [0.2, 0.25) is 16.1 Å². The zero-order valence-electron chi connectivity index (χ0n) is 14.1. The highest BCUT2D eigenvalue weighted by Crippen LogP contribution is 2.38. The Hall–Kier alpha value is -2.85. The smallest absolute Gasteiger partial charge is 0.430 e. The average Bonchev–Trinajstić information content (AvgIpc) is 2.65. The van der Waals surface area contributed by atoms with Crippen molar-refractivity contribution >= 4 is 22.1 Å². The summed E-state index contributed by atoms with van der Waals surface area (Å²) in [7, 11) is -3.98. The van der Waals surface area contributed by atoms with E-state index in [2.05, 4.69) is 4.72 Å². The number of aliphatic carboxylic acids is 1. The number of nitrogens with one attached hydrogen (secondary N) is 1. The van der Waals surface area contributed by atoms with E-state index < -0.39 is 33.8 Å². The van der Waals surface area contributed by atoms with Gasteiger partial charge in [0.15, 0.2) is 0 Å². The van der Waals surface area contributed by atoms with Gasteiger partial charge in [-0.25, -0.2) is 17.9 Å². The molecule has 0 bridgehead atoms. The average molecular weight is 413 g/mol. The van der Waals surface area contributed by atoms with E-state index >= 15 is 0 Å². The number of alkyl halides is 3. The second-order valence-corrected chi connectivity index (χ2v) is 7.72. The Labute approximate surface area is 158 Å². The van der Waals surface area contributed by atoms with Crippen LogP contribution in [0.5, 0.6) is 5.75 Å².